The zero-order chi connectivity index (χ0) is 15.1. The fourth-order valence-electron chi connectivity index (χ4n) is 1.77. The van der Waals surface area contributed by atoms with Crippen molar-refractivity contribution in [2.24, 2.45) is 0 Å². The minimum atomic E-state index is -0.149. The molecule has 0 bridgehead atoms. The van der Waals surface area contributed by atoms with E-state index in [1.54, 1.807) is 11.8 Å². The standard InChI is InChI=1S/C14H20N4O2S/c1-18(2)9-11-3-4-12(20-11)10-21-8-7-16-14-15-6-5-13(19)17-14/h3-6H,7-10H2,1-2H3,(H2,15,16,17,19). The van der Waals surface area contributed by atoms with Crippen LogP contribution >= 0.6 is 11.8 Å². The third kappa shape index (κ3) is 5.65. The van der Waals surface area contributed by atoms with Crippen LogP contribution in [0, 0.1) is 0 Å². The van der Waals surface area contributed by atoms with E-state index in [9.17, 15) is 4.79 Å². The molecule has 2 heterocycles. The van der Waals surface area contributed by atoms with E-state index in [1.165, 1.54) is 12.3 Å². The maximum absolute atomic E-state index is 11.1. The van der Waals surface area contributed by atoms with Crippen LogP contribution in [0.1, 0.15) is 11.5 Å². The molecular formula is C14H20N4O2S. The van der Waals surface area contributed by atoms with Gasteiger partial charge in [0.1, 0.15) is 11.5 Å². The first-order chi connectivity index (χ1) is 10.1. The average Bonchev–Trinajstić information content (AvgIpc) is 2.85. The van der Waals surface area contributed by atoms with Gasteiger partial charge in [-0.25, -0.2) is 4.98 Å². The molecule has 0 fully saturated rings. The molecule has 21 heavy (non-hydrogen) atoms. The van der Waals surface area contributed by atoms with Crippen LogP contribution in [0.5, 0.6) is 0 Å². The van der Waals surface area contributed by atoms with Crippen molar-refractivity contribution in [3.05, 3.63) is 46.3 Å². The van der Waals surface area contributed by atoms with Gasteiger partial charge in [-0.1, -0.05) is 0 Å². The molecule has 0 aromatic carbocycles. The Labute approximate surface area is 128 Å². The van der Waals surface area contributed by atoms with Crippen molar-refractivity contribution < 1.29 is 4.42 Å². The molecule has 2 aromatic heterocycles. The number of H-pyrrole nitrogens is 1. The van der Waals surface area contributed by atoms with Crippen LogP contribution in [-0.4, -0.2) is 41.3 Å². The van der Waals surface area contributed by atoms with Crippen molar-refractivity contribution in [3.63, 3.8) is 0 Å². The summed E-state index contributed by atoms with van der Waals surface area (Å²) in [6.45, 7) is 1.56. The minimum absolute atomic E-state index is 0.149. The molecule has 0 aliphatic heterocycles. The number of rotatable bonds is 8. The fourth-order valence-corrected chi connectivity index (χ4v) is 2.52. The molecule has 0 radical (unpaired) electrons. The first kappa shape index (κ1) is 15.7. The summed E-state index contributed by atoms with van der Waals surface area (Å²) in [4.78, 5) is 19.8. The molecule has 0 atom stereocenters. The van der Waals surface area contributed by atoms with Crippen LogP contribution in [-0.2, 0) is 12.3 Å². The van der Waals surface area contributed by atoms with E-state index >= 15 is 0 Å². The minimum Gasteiger partial charge on any atom is -0.464 e. The smallest absolute Gasteiger partial charge is 0.252 e. The summed E-state index contributed by atoms with van der Waals surface area (Å²) in [5, 5.41) is 3.08. The first-order valence-corrected chi connectivity index (χ1v) is 7.88. The Morgan fingerprint density at radius 1 is 1.33 bits per heavy atom. The Bertz CT molecular complexity index is 609. The van der Waals surface area contributed by atoms with Gasteiger partial charge in [0, 0.05) is 24.6 Å². The molecule has 0 spiro atoms. The second kappa shape index (κ2) is 7.90. The number of furan rings is 1. The summed E-state index contributed by atoms with van der Waals surface area (Å²) in [6, 6.07) is 5.43. The molecule has 2 rings (SSSR count). The Kier molecular flexibility index (Phi) is 5.89. The third-order valence-corrected chi connectivity index (χ3v) is 3.63. The lowest BCUT2D eigenvalue weighted by molar-refractivity contribution is 0.344. The second-order valence-corrected chi connectivity index (χ2v) is 5.97. The van der Waals surface area contributed by atoms with Crippen LogP contribution in [0.4, 0.5) is 5.95 Å². The van der Waals surface area contributed by atoms with Gasteiger partial charge in [0.2, 0.25) is 5.95 Å². The van der Waals surface area contributed by atoms with Crippen LogP contribution in [0.2, 0.25) is 0 Å². The number of thioether (sulfide) groups is 1. The summed E-state index contributed by atoms with van der Waals surface area (Å²) in [5.74, 6) is 4.23. The van der Waals surface area contributed by atoms with E-state index in [2.05, 4.69) is 20.2 Å². The van der Waals surface area contributed by atoms with E-state index in [0.717, 1.165) is 36.1 Å². The number of nitrogens with one attached hydrogen (secondary N) is 2. The summed E-state index contributed by atoms with van der Waals surface area (Å²) < 4.78 is 5.73. The summed E-state index contributed by atoms with van der Waals surface area (Å²) in [6.07, 6.45) is 1.49. The molecule has 114 valence electrons. The first-order valence-electron chi connectivity index (χ1n) is 6.73. The summed E-state index contributed by atoms with van der Waals surface area (Å²) >= 11 is 1.77. The van der Waals surface area contributed by atoms with E-state index in [1.807, 2.05) is 26.2 Å². The largest absolute Gasteiger partial charge is 0.464 e. The zero-order valence-corrected chi connectivity index (χ0v) is 13.1. The molecule has 0 aliphatic carbocycles. The highest BCUT2D eigenvalue weighted by Crippen LogP contribution is 2.16. The van der Waals surface area contributed by atoms with Gasteiger partial charge in [-0.15, -0.1) is 0 Å². The number of aromatic amines is 1. The average molecular weight is 308 g/mol. The molecular weight excluding hydrogens is 288 g/mol. The Morgan fingerprint density at radius 2 is 2.14 bits per heavy atom. The Balaban J connectivity index is 1.65. The van der Waals surface area contributed by atoms with Gasteiger partial charge in [-0.3, -0.25) is 9.78 Å². The quantitative estimate of drug-likeness (QED) is 0.724. The highest BCUT2D eigenvalue weighted by atomic mass is 32.2. The monoisotopic (exact) mass is 308 g/mol. The predicted molar refractivity (Wildman–Crippen MR) is 85.6 cm³/mol. The van der Waals surface area contributed by atoms with Gasteiger partial charge in [0.15, 0.2) is 0 Å². The molecule has 2 aromatic rings. The maximum Gasteiger partial charge on any atom is 0.252 e. The molecule has 7 heteroatoms. The van der Waals surface area contributed by atoms with Crippen molar-refractivity contribution in [2.45, 2.75) is 12.3 Å². The molecule has 0 saturated carbocycles. The predicted octanol–water partition coefficient (Wildman–Crippen LogP) is 1.77. The summed E-state index contributed by atoms with van der Waals surface area (Å²) in [5.41, 5.74) is -0.149. The normalized spacial score (nSPS) is 11.0. The van der Waals surface area contributed by atoms with Gasteiger partial charge in [0.25, 0.3) is 5.56 Å². The van der Waals surface area contributed by atoms with Gasteiger partial charge >= 0.3 is 0 Å². The summed E-state index contributed by atoms with van der Waals surface area (Å²) in [7, 11) is 4.04. The van der Waals surface area contributed by atoms with Crippen molar-refractivity contribution in [1.29, 1.82) is 0 Å². The van der Waals surface area contributed by atoms with Crippen molar-refractivity contribution in [3.8, 4) is 0 Å². The van der Waals surface area contributed by atoms with Gasteiger partial charge in [0.05, 0.1) is 12.3 Å². The molecule has 2 N–H and O–H groups in total. The topological polar surface area (TPSA) is 74.2 Å². The van der Waals surface area contributed by atoms with Crippen molar-refractivity contribution >= 4 is 17.7 Å². The number of hydrogen-bond acceptors (Lipinski definition) is 6. The SMILES string of the molecule is CN(C)Cc1ccc(CSCCNc2nccc(=O)[nH]2)o1. The Morgan fingerprint density at radius 3 is 2.90 bits per heavy atom. The van der Waals surface area contributed by atoms with Crippen LogP contribution in [0.25, 0.3) is 0 Å². The number of aromatic nitrogens is 2. The lowest BCUT2D eigenvalue weighted by Gasteiger charge is -2.06. The molecule has 6 nitrogen and oxygen atoms in total. The van der Waals surface area contributed by atoms with Gasteiger partial charge in [-0.05, 0) is 26.2 Å². The third-order valence-electron chi connectivity index (χ3n) is 2.64. The lowest BCUT2D eigenvalue weighted by atomic mass is 10.4. The van der Waals surface area contributed by atoms with E-state index in [-0.39, 0.29) is 5.56 Å². The van der Waals surface area contributed by atoms with Crippen molar-refractivity contribution in [1.82, 2.24) is 14.9 Å². The maximum atomic E-state index is 11.1. The molecule has 0 unspecified atom stereocenters. The lowest BCUT2D eigenvalue weighted by Crippen LogP contribution is -2.13. The second-order valence-electron chi connectivity index (χ2n) is 4.87. The molecule has 0 amide bonds. The number of hydrogen-bond donors (Lipinski definition) is 2. The Hall–Kier alpha value is -1.73. The van der Waals surface area contributed by atoms with E-state index in [0.29, 0.717) is 5.95 Å². The van der Waals surface area contributed by atoms with E-state index in [4.69, 9.17) is 4.42 Å². The zero-order valence-electron chi connectivity index (χ0n) is 12.3. The fraction of sp³-hybridized carbons (Fsp3) is 0.429. The molecule has 0 saturated heterocycles. The van der Waals surface area contributed by atoms with Crippen molar-refractivity contribution in [2.75, 3.05) is 31.7 Å². The van der Waals surface area contributed by atoms with E-state index < -0.39 is 0 Å². The van der Waals surface area contributed by atoms with Crippen LogP contribution in [0.3, 0.4) is 0 Å². The highest BCUT2D eigenvalue weighted by molar-refractivity contribution is 7.98. The van der Waals surface area contributed by atoms with Crippen LogP contribution in [0.15, 0.2) is 33.6 Å². The molecule has 0 aliphatic rings. The highest BCUT2D eigenvalue weighted by Gasteiger charge is 2.03. The van der Waals surface area contributed by atoms with Gasteiger partial charge < -0.3 is 14.6 Å². The number of nitrogens with zero attached hydrogens (tertiary/aromatic N) is 2. The van der Waals surface area contributed by atoms with Gasteiger partial charge in [-0.2, -0.15) is 11.8 Å². The van der Waals surface area contributed by atoms with Crippen LogP contribution < -0.4 is 10.9 Å². The number of anilines is 1.